The van der Waals surface area contributed by atoms with Gasteiger partial charge in [0, 0.05) is 189 Å². The molecular weight excluding hydrogens is 1860 g/mol. The quantitative estimate of drug-likeness (QED) is 0.0567. The largest absolute Gasteiger partial charge is 0.383 e. The Morgan fingerprint density at radius 2 is 0.676 bits per heavy atom. The summed E-state index contributed by atoms with van der Waals surface area (Å²) in [6.45, 7) is 29.2. The van der Waals surface area contributed by atoms with Crippen LogP contribution in [0.2, 0.25) is 0 Å². The van der Waals surface area contributed by atoms with Gasteiger partial charge in [0.05, 0.1) is 138 Å². The number of rotatable bonds is 24. The second kappa shape index (κ2) is 43.2. The molecule has 0 saturated carbocycles. The van der Waals surface area contributed by atoms with Crippen molar-refractivity contribution in [3.8, 4) is 56.7 Å². The smallest absolute Gasteiger partial charge is 0.258 e. The molecule has 0 radical (unpaired) electrons. The second-order valence-electron chi connectivity index (χ2n) is 39.4. The van der Waals surface area contributed by atoms with E-state index in [9.17, 15) is 24.0 Å². The number of fused-ring (bicyclic) bond motifs is 10. The third kappa shape index (κ3) is 22.2. The first-order chi connectivity index (χ1) is 71.1. The van der Waals surface area contributed by atoms with Crippen LogP contribution in [0.4, 0.5) is 28.4 Å². The molecule has 2 aliphatic rings. The van der Waals surface area contributed by atoms with Crippen LogP contribution in [0.5, 0.6) is 0 Å². The fourth-order valence-corrected chi connectivity index (χ4v) is 19.0. The van der Waals surface area contributed by atoms with Gasteiger partial charge in [0.2, 0.25) is 0 Å². The van der Waals surface area contributed by atoms with Crippen LogP contribution in [0.25, 0.3) is 113 Å². The summed E-state index contributed by atoms with van der Waals surface area (Å²) in [5.41, 5.74) is 28.8. The monoisotopic (exact) mass is 1990 g/mol. The highest BCUT2D eigenvalue weighted by molar-refractivity contribution is 5.73. The summed E-state index contributed by atoms with van der Waals surface area (Å²) in [5, 5.41) is 20.3. The highest BCUT2D eigenvalue weighted by Crippen LogP contribution is 2.32. The SMILES string of the molecule is CCc1nc(C)cn2nc(-c3cc(=O)n4cc(N(C)CCN(C)C)ccc4n3)cc12.CCc1nc(C)cn2nc(-c3cc(=O)n4cc(N(C)CCNC)ccc4n3)cc12.CCc1nc(C)cn2nc(-c3cc(=O)n4cc(NCCN(C)C)ccc4n3)cc12.Cc1cn2cc(-c3cc(=O)n4cc(N5CC[C@@H](N(C)C)C5)ccc4n3)cc(C)c2n1.Cc1cn2cc(-c3cc(=O)n4cc(N5CC[C@H](N(C)C)C5)ccc4n3)cc(C)c2n1. The summed E-state index contributed by atoms with van der Waals surface area (Å²) >= 11 is 0. The van der Waals surface area contributed by atoms with E-state index in [0.29, 0.717) is 85.9 Å². The van der Waals surface area contributed by atoms with Gasteiger partial charge >= 0.3 is 0 Å². The zero-order valence-corrected chi connectivity index (χ0v) is 88.1. The Kier molecular flexibility index (Phi) is 29.8. The number of hydrogen-bond acceptors (Lipinski definition) is 28. The zero-order valence-electron chi connectivity index (χ0n) is 88.1. The highest BCUT2D eigenvalue weighted by atomic mass is 16.1. The first-order valence-electron chi connectivity index (χ1n) is 50.2. The van der Waals surface area contributed by atoms with Crippen molar-refractivity contribution in [2.24, 2.45) is 0 Å². The molecule has 0 aromatic carbocycles. The standard InChI is InChI=1S/2C23H26N6O.C22H27N7O.2C21H25N7O/c2*1-15-9-17(12-28-11-16(2)24-23(15)28)20-10-22(30)29-14-19(5-6-21(29)25-20)27-8-7-18(13-27)26(3)4;1-6-17-20-11-19(25-29(20)13-15(2)23-17)18-12-22(30)28-14-16(7-8-21(28)24-18)27(5)10-9-26(3)4;1-5-16-19-10-18(25-28(19)12-14(2)23-16)17-11-21(29)27-13-15(6-7-20(27)24-17)22-8-9-26(3)4;1-5-16-19-10-18(25-28(19)12-14(2)23-16)17-11-21(29)27-13-15(6-7-20(27)24-17)26(4)9-8-22-3/h2*5-6,9-12,14,18H,7-8,13H2,1-4H3;7-8,11-14H,6,9-10H2,1-5H3;2*6-7,10-13,22H,5,8-9H2,1-4H3/t2*18-;;;/m10.../s1. The number of pyridine rings is 7. The molecule has 2 saturated heterocycles. The maximum Gasteiger partial charge on any atom is 0.258 e. The topological polar surface area (TPSA) is 347 Å². The van der Waals surface area contributed by atoms with Crippen molar-refractivity contribution in [3.63, 3.8) is 0 Å². The molecule has 2 fully saturated rings. The van der Waals surface area contributed by atoms with Gasteiger partial charge in [-0.3, -0.25) is 60.9 Å². The van der Waals surface area contributed by atoms with E-state index in [-0.39, 0.29) is 27.8 Å². The van der Waals surface area contributed by atoms with Crippen LogP contribution in [0.3, 0.4) is 0 Å². The van der Waals surface area contributed by atoms with E-state index >= 15 is 0 Å². The predicted molar refractivity (Wildman–Crippen MR) is 588 cm³/mol. The van der Waals surface area contributed by atoms with Crippen molar-refractivity contribution in [1.29, 1.82) is 0 Å². The van der Waals surface area contributed by atoms with Gasteiger partial charge in [0.15, 0.2) is 0 Å². The third-order valence-corrected chi connectivity index (χ3v) is 27.2. The van der Waals surface area contributed by atoms with E-state index in [1.807, 2.05) is 267 Å². The Morgan fingerprint density at radius 1 is 0.331 bits per heavy atom. The van der Waals surface area contributed by atoms with Gasteiger partial charge < -0.3 is 58.6 Å². The van der Waals surface area contributed by atoms with Crippen molar-refractivity contribution in [2.45, 2.75) is 113 Å². The molecule has 22 rings (SSSR count). The molecule has 22 heterocycles. The molecule has 0 aliphatic carbocycles. The van der Waals surface area contributed by atoms with Gasteiger partial charge in [-0.05, 0) is 246 Å². The molecule has 764 valence electrons. The van der Waals surface area contributed by atoms with Crippen LogP contribution in [0.15, 0.2) is 220 Å². The van der Waals surface area contributed by atoms with Crippen molar-refractivity contribution in [1.82, 2.24) is 134 Å². The summed E-state index contributed by atoms with van der Waals surface area (Å²) in [6, 6.07) is 38.4. The fourth-order valence-electron chi connectivity index (χ4n) is 19.0. The fraction of sp³-hybridized carbons (Fsp3) is 0.345. The number of nitrogens with one attached hydrogen (secondary N) is 2. The van der Waals surface area contributed by atoms with Crippen LogP contribution in [0.1, 0.15) is 90.3 Å². The number of aromatic nitrogens is 23. The minimum atomic E-state index is -0.136. The highest BCUT2D eigenvalue weighted by Gasteiger charge is 2.28. The Balaban J connectivity index is 0.000000121. The Labute approximate surface area is 856 Å². The Bertz CT molecular complexity index is 8510. The lowest BCUT2D eigenvalue weighted by Gasteiger charge is -2.22. The molecule has 148 heavy (non-hydrogen) atoms. The van der Waals surface area contributed by atoms with E-state index in [2.05, 4.69) is 161 Å². The van der Waals surface area contributed by atoms with E-state index < -0.39 is 0 Å². The number of likely N-dealkylation sites (N-methyl/N-ethyl adjacent to an activating group) is 7. The third-order valence-electron chi connectivity index (χ3n) is 27.2. The number of anilines is 5. The van der Waals surface area contributed by atoms with Gasteiger partial charge in [-0.15, -0.1) is 0 Å². The molecule has 38 nitrogen and oxygen atoms in total. The summed E-state index contributed by atoms with van der Waals surface area (Å²) < 4.78 is 17.5. The molecule has 38 heteroatoms. The van der Waals surface area contributed by atoms with Gasteiger partial charge in [0.25, 0.3) is 27.8 Å². The summed E-state index contributed by atoms with van der Waals surface area (Å²) in [7, 11) is 22.6. The molecule has 20 aromatic heterocycles. The molecule has 2 aliphatic heterocycles. The van der Waals surface area contributed by atoms with Crippen LogP contribution < -0.4 is 58.0 Å². The number of nitrogens with zero attached hydrogens (tertiary/aromatic N) is 31. The maximum atomic E-state index is 12.9. The normalized spacial score (nSPS) is 13.8. The number of hydrogen-bond donors (Lipinski definition) is 2. The average molecular weight is 1990 g/mol. The molecule has 0 spiro atoms. The van der Waals surface area contributed by atoms with Gasteiger partial charge in [-0.1, -0.05) is 20.8 Å². The van der Waals surface area contributed by atoms with Crippen molar-refractivity contribution in [2.75, 3.05) is 168 Å². The predicted octanol–water partition coefficient (Wildman–Crippen LogP) is 12.0. The zero-order chi connectivity index (χ0) is 104. The van der Waals surface area contributed by atoms with Crippen LogP contribution in [-0.4, -0.2) is 284 Å². The molecule has 2 N–H and O–H groups in total. The molecular formula is C110H129N33O5. The number of imidazole rings is 2. The Hall–Kier alpha value is -16.2. The average Bonchev–Trinajstić information content (AvgIpc) is 1.59. The van der Waals surface area contributed by atoms with Crippen molar-refractivity contribution < 1.29 is 0 Å². The van der Waals surface area contributed by atoms with Gasteiger partial charge in [-0.2, -0.15) is 15.3 Å². The Morgan fingerprint density at radius 3 is 1.04 bits per heavy atom. The first kappa shape index (κ1) is 102. The van der Waals surface area contributed by atoms with Crippen molar-refractivity contribution in [3.05, 3.63) is 304 Å². The summed E-state index contributed by atoms with van der Waals surface area (Å²) in [5.74, 6) is 0. The molecule has 20 aromatic rings. The lowest BCUT2D eigenvalue weighted by atomic mass is 10.1. The van der Waals surface area contributed by atoms with Crippen LogP contribution >= 0.6 is 0 Å². The number of aryl methyl sites for hydroxylation is 10. The lowest BCUT2D eigenvalue weighted by molar-refractivity contribution is 0.315. The molecule has 2 atom stereocenters. The van der Waals surface area contributed by atoms with Gasteiger partial charge in [0.1, 0.15) is 56.6 Å². The minimum Gasteiger partial charge on any atom is -0.383 e. The molecule has 0 unspecified atom stereocenters. The summed E-state index contributed by atoms with van der Waals surface area (Å²) in [4.78, 5) is 128. The van der Waals surface area contributed by atoms with E-state index in [1.165, 1.54) is 12.1 Å². The first-order valence-corrected chi connectivity index (χ1v) is 50.2. The molecule has 0 bridgehead atoms. The van der Waals surface area contributed by atoms with Crippen molar-refractivity contribution >= 4 is 84.5 Å². The van der Waals surface area contributed by atoms with Gasteiger partial charge in [-0.25, -0.2) is 48.4 Å². The lowest BCUT2D eigenvalue weighted by Crippen LogP contribution is -2.31. The second-order valence-corrected chi connectivity index (χ2v) is 39.4. The maximum absolute atomic E-state index is 12.9. The van der Waals surface area contributed by atoms with E-state index in [4.69, 9.17) is 15.0 Å². The van der Waals surface area contributed by atoms with Crippen LogP contribution in [-0.2, 0) is 19.3 Å². The molecule has 0 amide bonds. The van der Waals surface area contributed by atoms with E-state index in [0.717, 1.165) is 222 Å². The summed E-state index contributed by atoms with van der Waals surface area (Å²) in [6.07, 6.45) is 27.6. The minimum absolute atomic E-state index is 0.0697. The van der Waals surface area contributed by atoms with Crippen LogP contribution in [0, 0.1) is 48.5 Å². The van der Waals surface area contributed by atoms with E-state index in [1.54, 1.807) is 46.4 Å².